The molecule has 1 fully saturated rings. The van der Waals surface area contributed by atoms with E-state index in [4.69, 9.17) is 8.83 Å². The highest BCUT2D eigenvalue weighted by atomic mass is 16.4. The fourth-order valence-electron chi connectivity index (χ4n) is 2.75. The number of aromatic amines is 1. The number of nitrogens with one attached hydrogen (secondary N) is 1. The number of nitrogens with zero attached hydrogens (tertiary/aromatic N) is 4. The van der Waals surface area contributed by atoms with Crippen LogP contribution in [-0.2, 0) is 0 Å². The number of hydrogen-bond acceptors (Lipinski definition) is 7. The molecule has 8 heteroatoms. The summed E-state index contributed by atoms with van der Waals surface area (Å²) in [7, 11) is 0. The fraction of sp³-hybridized carbons (Fsp3) is 0.385. The maximum absolute atomic E-state index is 11.0. The van der Waals surface area contributed by atoms with Crippen molar-refractivity contribution in [3.63, 3.8) is 0 Å². The lowest BCUT2D eigenvalue weighted by atomic mass is 9.97. The third-order valence-corrected chi connectivity index (χ3v) is 3.85. The van der Waals surface area contributed by atoms with Crippen LogP contribution in [0, 0.1) is 0 Å². The van der Waals surface area contributed by atoms with E-state index in [0.717, 1.165) is 42.7 Å². The van der Waals surface area contributed by atoms with Crippen LogP contribution in [0.3, 0.4) is 0 Å². The molecule has 21 heavy (non-hydrogen) atoms. The zero-order chi connectivity index (χ0) is 14.2. The lowest BCUT2D eigenvalue weighted by Crippen LogP contribution is -2.33. The summed E-state index contributed by atoms with van der Waals surface area (Å²) in [4.78, 5) is 13.1. The van der Waals surface area contributed by atoms with Crippen molar-refractivity contribution in [2.75, 3.05) is 18.0 Å². The SMILES string of the molecule is O=c1[nH]nc(C2CCN(c3nncc4ccoc34)CC2)o1. The first-order chi connectivity index (χ1) is 10.3. The molecule has 4 heterocycles. The van der Waals surface area contributed by atoms with E-state index in [1.165, 1.54) is 0 Å². The van der Waals surface area contributed by atoms with E-state index in [1.54, 1.807) is 12.5 Å². The molecule has 0 radical (unpaired) electrons. The van der Waals surface area contributed by atoms with E-state index in [2.05, 4.69) is 25.3 Å². The van der Waals surface area contributed by atoms with Crippen molar-refractivity contribution in [1.82, 2.24) is 20.4 Å². The summed E-state index contributed by atoms with van der Waals surface area (Å²) in [5.41, 5.74) is 0.759. The van der Waals surface area contributed by atoms with Crippen molar-refractivity contribution in [3.05, 3.63) is 35.0 Å². The van der Waals surface area contributed by atoms with Gasteiger partial charge >= 0.3 is 5.76 Å². The fourth-order valence-corrected chi connectivity index (χ4v) is 2.75. The molecule has 1 aliphatic heterocycles. The second-order valence-electron chi connectivity index (χ2n) is 5.09. The number of rotatable bonds is 2. The van der Waals surface area contributed by atoms with Crippen LogP contribution in [0.2, 0.25) is 0 Å². The molecule has 1 aliphatic rings. The normalized spacial score (nSPS) is 16.7. The van der Waals surface area contributed by atoms with Crippen LogP contribution >= 0.6 is 0 Å². The van der Waals surface area contributed by atoms with Crippen LogP contribution in [0.1, 0.15) is 24.7 Å². The van der Waals surface area contributed by atoms with Crippen LogP contribution in [0.25, 0.3) is 11.0 Å². The van der Waals surface area contributed by atoms with Gasteiger partial charge in [0.15, 0.2) is 11.4 Å². The van der Waals surface area contributed by atoms with Crippen LogP contribution < -0.4 is 10.7 Å². The van der Waals surface area contributed by atoms with Gasteiger partial charge in [0.05, 0.1) is 12.5 Å². The minimum absolute atomic E-state index is 0.156. The van der Waals surface area contributed by atoms with Crippen molar-refractivity contribution in [2.45, 2.75) is 18.8 Å². The number of furan rings is 1. The number of piperidine rings is 1. The Morgan fingerprint density at radius 3 is 2.95 bits per heavy atom. The summed E-state index contributed by atoms with van der Waals surface area (Å²) in [5, 5.41) is 15.4. The Morgan fingerprint density at radius 2 is 2.19 bits per heavy atom. The van der Waals surface area contributed by atoms with Gasteiger partial charge in [-0.15, -0.1) is 10.2 Å². The molecule has 0 aromatic carbocycles. The molecule has 8 nitrogen and oxygen atoms in total. The topological polar surface area (TPSA) is 101 Å². The van der Waals surface area contributed by atoms with Crippen LogP contribution in [0.15, 0.2) is 32.2 Å². The Bertz CT molecular complexity index is 812. The van der Waals surface area contributed by atoms with E-state index in [-0.39, 0.29) is 5.92 Å². The van der Waals surface area contributed by atoms with Crippen molar-refractivity contribution < 1.29 is 8.83 Å². The zero-order valence-electron chi connectivity index (χ0n) is 11.2. The van der Waals surface area contributed by atoms with Gasteiger partial charge in [-0.1, -0.05) is 0 Å². The van der Waals surface area contributed by atoms with Gasteiger partial charge < -0.3 is 13.7 Å². The zero-order valence-corrected chi connectivity index (χ0v) is 11.2. The lowest BCUT2D eigenvalue weighted by molar-refractivity contribution is 0.379. The summed E-state index contributed by atoms with van der Waals surface area (Å²) < 4.78 is 10.5. The number of anilines is 1. The van der Waals surface area contributed by atoms with Gasteiger partial charge in [-0.3, -0.25) is 0 Å². The van der Waals surface area contributed by atoms with Gasteiger partial charge in [0.25, 0.3) is 0 Å². The number of H-pyrrole nitrogens is 1. The van der Waals surface area contributed by atoms with Crippen molar-refractivity contribution in [2.24, 2.45) is 0 Å². The van der Waals surface area contributed by atoms with Gasteiger partial charge in [-0.2, -0.15) is 5.10 Å². The van der Waals surface area contributed by atoms with Gasteiger partial charge in [0.2, 0.25) is 5.89 Å². The summed E-state index contributed by atoms with van der Waals surface area (Å²) in [5.74, 6) is 0.906. The molecule has 0 atom stereocenters. The Hall–Kier alpha value is -2.64. The largest absolute Gasteiger partial charge is 0.460 e. The minimum Gasteiger partial charge on any atom is -0.460 e. The molecule has 0 amide bonds. The van der Waals surface area contributed by atoms with Gasteiger partial charge in [0.1, 0.15) is 0 Å². The van der Waals surface area contributed by atoms with Crippen molar-refractivity contribution in [3.8, 4) is 0 Å². The lowest BCUT2D eigenvalue weighted by Gasteiger charge is -2.30. The van der Waals surface area contributed by atoms with Crippen LogP contribution in [0.4, 0.5) is 5.82 Å². The molecule has 3 aromatic rings. The van der Waals surface area contributed by atoms with Crippen molar-refractivity contribution in [1.29, 1.82) is 0 Å². The number of hydrogen-bond donors (Lipinski definition) is 1. The molecule has 3 aromatic heterocycles. The average Bonchev–Trinajstić information content (AvgIpc) is 3.15. The molecule has 0 aliphatic carbocycles. The van der Waals surface area contributed by atoms with Gasteiger partial charge in [0, 0.05) is 24.4 Å². The molecule has 0 spiro atoms. The van der Waals surface area contributed by atoms with Crippen LogP contribution in [0.5, 0.6) is 0 Å². The predicted molar refractivity (Wildman–Crippen MR) is 73.1 cm³/mol. The average molecular weight is 287 g/mol. The monoisotopic (exact) mass is 287 g/mol. The highest BCUT2D eigenvalue weighted by Gasteiger charge is 2.26. The van der Waals surface area contributed by atoms with E-state index >= 15 is 0 Å². The number of aromatic nitrogens is 4. The summed E-state index contributed by atoms with van der Waals surface area (Å²) in [6.07, 6.45) is 5.01. The number of fused-ring (bicyclic) bond motifs is 1. The second kappa shape index (κ2) is 4.72. The molecule has 0 unspecified atom stereocenters. The molecular weight excluding hydrogens is 274 g/mol. The third-order valence-electron chi connectivity index (χ3n) is 3.85. The minimum atomic E-state index is -0.501. The van der Waals surface area contributed by atoms with Crippen molar-refractivity contribution >= 4 is 16.8 Å². The summed E-state index contributed by atoms with van der Waals surface area (Å²) in [6, 6.07) is 1.87. The Morgan fingerprint density at radius 1 is 1.33 bits per heavy atom. The maximum Gasteiger partial charge on any atom is 0.434 e. The van der Waals surface area contributed by atoms with E-state index in [1.807, 2.05) is 6.07 Å². The van der Waals surface area contributed by atoms with Crippen LogP contribution in [-0.4, -0.2) is 33.5 Å². The maximum atomic E-state index is 11.0. The summed E-state index contributed by atoms with van der Waals surface area (Å²) >= 11 is 0. The highest BCUT2D eigenvalue weighted by Crippen LogP contribution is 2.31. The molecule has 4 rings (SSSR count). The van der Waals surface area contributed by atoms with E-state index < -0.39 is 5.76 Å². The molecule has 0 saturated carbocycles. The first kappa shape index (κ1) is 12.1. The van der Waals surface area contributed by atoms with Gasteiger partial charge in [-0.05, 0) is 18.9 Å². The molecule has 0 bridgehead atoms. The summed E-state index contributed by atoms with van der Waals surface area (Å²) in [6.45, 7) is 1.57. The first-order valence-electron chi connectivity index (χ1n) is 6.80. The highest BCUT2D eigenvalue weighted by molar-refractivity contribution is 5.86. The predicted octanol–water partition coefficient (Wildman–Crippen LogP) is 1.28. The quantitative estimate of drug-likeness (QED) is 0.757. The first-order valence-corrected chi connectivity index (χ1v) is 6.80. The molecule has 108 valence electrons. The van der Waals surface area contributed by atoms with E-state index in [0.29, 0.717) is 5.89 Å². The molecule has 1 N–H and O–H groups in total. The third kappa shape index (κ3) is 2.08. The Labute approximate surface area is 118 Å². The standard InChI is InChI=1S/C13H13N5O3/c19-13-17-16-12(21-13)8-1-4-18(5-2-8)11-10-9(3-6-20-10)7-14-15-11/h3,6-8H,1-2,4-5H2,(H,17,19). The molecule has 1 saturated heterocycles. The van der Waals surface area contributed by atoms with E-state index in [9.17, 15) is 4.79 Å². The smallest absolute Gasteiger partial charge is 0.434 e. The Kier molecular flexibility index (Phi) is 2.73. The second-order valence-corrected chi connectivity index (χ2v) is 5.09. The molecular formula is C13H13N5O3. The van der Waals surface area contributed by atoms with Gasteiger partial charge in [-0.25, -0.2) is 9.89 Å². The Balaban J connectivity index is 1.55.